The van der Waals surface area contributed by atoms with Crippen molar-refractivity contribution in [3.8, 4) is 0 Å². The smallest absolute Gasteiger partial charge is 0.410 e. The SMILES string of the molecule is CC(C)(C)OC(=O)N1CCC[C@@H]1[C@@]12CC(Br)C=CC1=CC(=O)O2. The Hall–Kier alpha value is -1.30. The summed E-state index contributed by atoms with van der Waals surface area (Å²) in [5, 5.41) is 0. The molecule has 0 aromatic carbocycles. The number of fused-ring (bicyclic) bond motifs is 1. The number of ether oxygens (including phenoxy) is 2. The number of hydrogen-bond acceptors (Lipinski definition) is 4. The van der Waals surface area contributed by atoms with Crippen LogP contribution < -0.4 is 0 Å². The van der Waals surface area contributed by atoms with Crippen LogP contribution in [0.5, 0.6) is 0 Å². The number of rotatable bonds is 1. The number of esters is 1. The highest BCUT2D eigenvalue weighted by Gasteiger charge is 2.55. The first kappa shape index (κ1) is 16.6. The molecule has 2 heterocycles. The van der Waals surface area contributed by atoms with E-state index < -0.39 is 11.2 Å². The highest BCUT2D eigenvalue weighted by Crippen LogP contribution is 2.46. The van der Waals surface area contributed by atoms with Crippen LogP contribution >= 0.6 is 15.9 Å². The van der Waals surface area contributed by atoms with Gasteiger partial charge in [-0.05, 0) is 33.6 Å². The van der Waals surface area contributed by atoms with Crippen molar-refractivity contribution >= 4 is 28.0 Å². The van der Waals surface area contributed by atoms with Gasteiger partial charge in [-0.25, -0.2) is 9.59 Å². The zero-order valence-electron chi connectivity index (χ0n) is 13.7. The van der Waals surface area contributed by atoms with E-state index in [1.807, 2.05) is 32.9 Å². The Balaban J connectivity index is 1.90. The van der Waals surface area contributed by atoms with Crippen molar-refractivity contribution in [3.05, 3.63) is 23.8 Å². The van der Waals surface area contributed by atoms with Crippen LogP contribution in [-0.4, -0.2) is 45.6 Å². The number of carbonyl (C=O) groups excluding carboxylic acids is 2. The van der Waals surface area contributed by atoms with Crippen LogP contribution in [0.1, 0.15) is 40.0 Å². The number of amides is 1. The number of carbonyl (C=O) groups is 2. The molecule has 0 spiro atoms. The monoisotopic (exact) mass is 383 g/mol. The van der Waals surface area contributed by atoms with Crippen LogP contribution in [0, 0.1) is 0 Å². The van der Waals surface area contributed by atoms with E-state index >= 15 is 0 Å². The minimum Gasteiger partial charge on any atom is -0.449 e. The molecule has 1 aliphatic carbocycles. The first-order valence-electron chi connectivity index (χ1n) is 7.98. The summed E-state index contributed by atoms with van der Waals surface area (Å²) in [6.45, 7) is 6.19. The molecule has 0 saturated carbocycles. The molecule has 0 aromatic heterocycles. The minimum absolute atomic E-state index is 0.117. The summed E-state index contributed by atoms with van der Waals surface area (Å²) in [6.07, 6.45) is 7.46. The molecule has 2 aliphatic heterocycles. The van der Waals surface area contributed by atoms with Crippen LogP contribution in [0.2, 0.25) is 0 Å². The molecule has 6 heteroatoms. The van der Waals surface area contributed by atoms with Gasteiger partial charge in [-0.1, -0.05) is 28.1 Å². The Morgan fingerprint density at radius 2 is 2.22 bits per heavy atom. The lowest BCUT2D eigenvalue weighted by Crippen LogP contribution is -2.55. The molecule has 1 unspecified atom stereocenters. The molecule has 0 bridgehead atoms. The Labute approximate surface area is 144 Å². The second-order valence-corrected chi connectivity index (χ2v) is 8.50. The van der Waals surface area contributed by atoms with Gasteiger partial charge >= 0.3 is 12.1 Å². The van der Waals surface area contributed by atoms with Gasteiger partial charge in [0, 0.05) is 29.4 Å². The van der Waals surface area contributed by atoms with Crippen molar-refractivity contribution in [3.63, 3.8) is 0 Å². The summed E-state index contributed by atoms with van der Waals surface area (Å²) in [5.74, 6) is -0.331. The largest absolute Gasteiger partial charge is 0.449 e. The molecule has 0 radical (unpaired) electrons. The third kappa shape index (κ3) is 3.05. The Morgan fingerprint density at radius 3 is 2.91 bits per heavy atom. The van der Waals surface area contributed by atoms with Crippen molar-refractivity contribution in [2.24, 2.45) is 0 Å². The highest BCUT2D eigenvalue weighted by molar-refractivity contribution is 9.09. The van der Waals surface area contributed by atoms with E-state index in [2.05, 4.69) is 15.9 Å². The lowest BCUT2D eigenvalue weighted by Gasteiger charge is -2.42. The second-order valence-electron chi connectivity index (χ2n) is 7.32. The Kier molecular flexibility index (Phi) is 4.07. The van der Waals surface area contributed by atoms with Crippen LogP contribution in [0.25, 0.3) is 0 Å². The van der Waals surface area contributed by atoms with Crippen LogP contribution in [0.4, 0.5) is 4.79 Å². The predicted molar refractivity (Wildman–Crippen MR) is 89.3 cm³/mol. The quantitative estimate of drug-likeness (QED) is 0.514. The summed E-state index contributed by atoms with van der Waals surface area (Å²) in [5.41, 5.74) is -0.441. The van der Waals surface area contributed by atoms with Gasteiger partial charge in [-0.2, -0.15) is 0 Å². The summed E-state index contributed by atoms with van der Waals surface area (Å²) >= 11 is 3.59. The zero-order chi connectivity index (χ0) is 16.8. The molecule has 1 saturated heterocycles. The number of allylic oxidation sites excluding steroid dienone is 1. The van der Waals surface area contributed by atoms with Gasteiger partial charge in [0.1, 0.15) is 5.60 Å². The average Bonchev–Trinajstić information content (AvgIpc) is 3.00. The van der Waals surface area contributed by atoms with Gasteiger partial charge in [0.15, 0.2) is 5.60 Å². The average molecular weight is 384 g/mol. The molecule has 3 rings (SSSR count). The van der Waals surface area contributed by atoms with E-state index in [0.717, 1.165) is 18.4 Å². The molecule has 3 aliphatic rings. The third-order valence-corrected chi connectivity index (χ3v) is 5.08. The van der Waals surface area contributed by atoms with Crippen molar-refractivity contribution < 1.29 is 19.1 Å². The predicted octanol–water partition coefficient (Wildman–Crippen LogP) is 3.33. The van der Waals surface area contributed by atoms with Gasteiger partial charge in [-0.15, -0.1) is 0 Å². The number of hydrogen-bond donors (Lipinski definition) is 0. The molecule has 0 aromatic rings. The van der Waals surface area contributed by atoms with E-state index in [1.165, 1.54) is 0 Å². The second kappa shape index (κ2) is 5.65. The first-order chi connectivity index (χ1) is 10.7. The molecular formula is C17H22BrNO4. The Bertz CT molecular complexity index is 592. The van der Waals surface area contributed by atoms with Gasteiger partial charge < -0.3 is 14.4 Å². The van der Waals surface area contributed by atoms with Gasteiger partial charge in [0.2, 0.25) is 0 Å². The fraction of sp³-hybridized carbons (Fsp3) is 0.647. The van der Waals surface area contributed by atoms with E-state index in [4.69, 9.17) is 9.47 Å². The fourth-order valence-electron chi connectivity index (χ4n) is 3.62. The lowest BCUT2D eigenvalue weighted by atomic mass is 9.78. The maximum atomic E-state index is 12.6. The van der Waals surface area contributed by atoms with Gasteiger partial charge in [0.05, 0.1) is 6.04 Å². The Morgan fingerprint density at radius 1 is 1.48 bits per heavy atom. The van der Waals surface area contributed by atoms with Crippen molar-refractivity contribution in [1.82, 2.24) is 4.90 Å². The molecule has 5 nitrogen and oxygen atoms in total. The third-order valence-electron chi connectivity index (χ3n) is 4.45. The van der Waals surface area contributed by atoms with Crippen molar-refractivity contribution in [2.45, 2.75) is 62.1 Å². The molecule has 0 N–H and O–H groups in total. The van der Waals surface area contributed by atoms with Gasteiger partial charge in [0.25, 0.3) is 0 Å². The summed E-state index contributed by atoms with van der Waals surface area (Å²) in [4.78, 5) is 26.3. The molecule has 23 heavy (non-hydrogen) atoms. The van der Waals surface area contributed by atoms with Crippen molar-refractivity contribution in [1.29, 1.82) is 0 Å². The van der Waals surface area contributed by atoms with Crippen LogP contribution in [-0.2, 0) is 14.3 Å². The van der Waals surface area contributed by atoms with E-state index in [1.54, 1.807) is 11.0 Å². The standard InChI is InChI=1S/C17H22BrNO4/c1-16(2,3)23-15(21)19-8-4-5-13(19)17-10-12(18)7-6-11(17)9-14(20)22-17/h6-7,9,12-13H,4-5,8,10H2,1-3H3/t12?,13-,17-/m1/s1. The number of alkyl halides is 1. The number of nitrogens with zero attached hydrogens (tertiary/aromatic N) is 1. The minimum atomic E-state index is -0.757. The summed E-state index contributed by atoms with van der Waals surface area (Å²) < 4.78 is 11.3. The topological polar surface area (TPSA) is 55.8 Å². The molecule has 126 valence electrons. The normalized spacial score (nSPS) is 33.3. The van der Waals surface area contributed by atoms with Gasteiger partial charge in [-0.3, -0.25) is 0 Å². The molecule has 3 atom stereocenters. The van der Waals surface area contributed by atoms with E-state index in [-0.39, 0.29) is 22.9 Å². The molecular weight excluding hydrogens is 362 g/mol. The summed E-state index contributed by atoms with van der Waals surface area (Å²) in [7, 11) is 0. The first-order valence-corrected chi connectivity index (χ1v) is 8.90. The maximum absolute atomic E-state index is 12.6. The van der Waals surface area contributed by atoms with E-state index in [0.29, 0.717) is 13.0 Å². The lowest BCUT2D eigenvalue weighted by molar-refractivity contribution is -0.151. The van der Waals surface area contributed by atoms with E-state index in [9.17, 15) is 9.59 Å². The van der Waals surface area contributed by atoms with Crippen molar-refractivity contribution in [2.75, 3.05) is 6.54 Å². The maximum Gasteiger partial charge on any atom is 0.410 e. The number of halogens is 1. The zero-order valence-corrected chi connectivity index (χ0v) is 15.3. The fourth-order valence-corrected chi connectivity index (χ4v) is 4.25. The molecule has 1 fully saturated rings. The summed E-state index contributed by atoms with van der Waals surface area (Å²) in [6, 6.07) is -0.181. The highest BCUT2D eigenvalue weighted by atomic mass is 79.9. The van der Waals surface area contributed by atoms with Crippen LogP contribution in [0.15, 0.2) is 23.8 Å². The van der Waals surface area contributed by atoms with Crippen LogP contribution in [0.3, 0.4) is 0 Å². The number of likely N-dealkylation sites (tertiary alicyclic amines) is 1. The molecule has 1 amide bonds.